The zero-order valence-electron chi connectivity index (χ0n) is 8.08. The molecule has 0 radical (unpaired) electrons. The van der Waals surface area contributed by atoms with Gasteiger partial charge in [-0.15, -0.1) is 0 Å². The Morgan fingerprint density at radius 1 is 1.40 bits per heavy atom. The number of rotatable bonds is 4. The van der Waals surface area contributed by atoms with Crippen molar-refractivity contribution >= 4 is 0 Å². The molecule has 0 aliphatic heterocycles. The number of hydrogen-bond acceptors (Lipinski definition) is 2. The molecule has 0 spiro atoms. The molecule has 5 heteroatoms. The van der Waals surface area contributed by atoms with Gasteiger partial charge in [-0.25, -0.2) is 4.39 Å². The van der Waals surface area contributed by atoms with Crippen LogP contribution >= 0.6 is 0 Å². The first-order valence-corrected chi connectivity index (χ1v) is 4.40. The molecule has 1 N–H and O–H groups in total. The predicted octanol–water partition coefficient (Wildman–Crippen LogP) is 2.35. The third-order valence-electron chi connectivity index (χ3n) is 1.77. The van der Waals surface area contributed by atoms with E-state index in [0.717, 1.165) is 6.07 Å². The van der Waals surface area contributed by atoms with E-state index in [0.29, 0.717) is 0 Å². The second kappa shape index (κ2) is 5.02. The van der Waals surface area contributed by atoms with E-state index in [2.05, 4.69) is 4.74 Å². The van der Waals surface area contributed by atoms with Crippen molar-refractivity contribution in [3.63, 3.8) is 0 Å². The number of halogens is 3. The minimum Gasteiger partial charge on any atom is -0.435 e. The molecular formula is C10H11F3O2. The Labute approximate surface area is 85.3 Å². The highest BCUT2D eigenvalue weighted by Crippen LogP contribution is 2.19. The molecular weight excluding hydrogens is 209 g/mol. The molecule has 0 aliphatic carbocycles. The van der Waals surface area contributed by atoms with Crippen LogP contribution < -0.4 is 4.74 Å². The molecule has 1 atom stereocenters. The Hall–Kier alpha value is -1.23. The lowest BCUT2D eigenvalue weighted by molar-refractivity contribution is -0.0500. The van der Waals surface area contributed by atoms with Crippen molar-refractivity contribution in [1.29, 1.82) is 0 Å². The normalized spacial score (nSPS) is 12.9. The number of alkyl halides is 2. The Kier molecular flexibility index (Phi) is 3.96. The van der Waals surface area contributed by atoms with E-state index in [1.165, 1.54) is 19.1 Å². The summed E-state index contributed by atoms with van der Waals surface area (Å²) in [6.07, 6.45) is -0.540. The summed E-state index contributed by atoms with van der Waals surface area (Å²) in [6.45, 7) is -1.45. The number of benzene rings is 1. The molecule has 2 nitrogen and oxygen atoms in total. The second-order valence-electron chi connectivity index (χ2n) is 3.18. The van der Waals surface area contributed by atoms with Crippen molar-refractivity contribution in [2.75, 3.05) is 0 Å². The first kappa shape index (κ1) is 11.8. The van der Waals surface area contributed by atoms with Crippen LogP contribution in [0.4, 0.5) is 13.2 Å². The molecule has 15 heavy (non-hydrogen) atoms. The van der Waals surface area contributed by atoms with Gasteiger partial charge in [0.2, 0.25) is 0 Å². The van der Waals surface area contributed by atoms with Crippen molar-refractivity contribution < 1.29 is 23.0 Å². The SMILES string of the molecule is CC(O)Cc1ccc(OC(F)F)cc1F. The molecule has 0 heterocycles. The van der Waals surface area contributed by atoms with Gasteiger partial charge in [0.1, 0.15) is 11.6 Å². The van der Waals surface area contributed by atoms with E-state index in [1.54, 1.807) is 0 Å². The standard InChI is InChI=1S/C10H11F3O2/c1-6(14)4-7-2-3-8(5-9(7)11)15-10(12)13/h2-3,5-6,10,14H,4H2,1H3. The molecule has 1 unspecified atom stereocenters. The van der Waals surface area contributed by atoms with Gasteiger partial charge in [0, 0.05) is 12.5 Å². The molecule has 0 aliphatic rings. The summed E-state index contributed by atoms with van der Waals surface area (Å²) in [5.41, 5.74) is 0.270. The topological polar surface area (TPSA) is 29.5 Å². The lowest BCUT2D eigenvalue weighted by Crippen LogP contribution is -2.07. The highest BCUT2D eigenvalue weighted by Gasteiger charge is 2.09. The summed E-state index contributed by atoms with van der Waals surface area (Å²) >= 11 is 0. The molecule has 0 bridgehead atoms. The van der Waals surface area contributed by atoms with E-state index in [-0.39, 0.29) is 17.7 Å². The Morgan fingerprint density at radius 3 is 2.53 bits per heavy atom. The van der Waals surface area contributed by atoms with Crippen LogP contribution in [0.3, 0.4) is 0 Å². The van der Waals surface area contributed by atoms with Gasteiger partial charge < -0.3 is 9.84 Å². The number of aliphatic hydroxyl groups excluding tert-OH is 1. The lowest BCUT2D eigenvalue weighted by atomic mass is 10.1. The summed E-state index contributed by atoms with van der Waals surface area (Å²) in [4.78, 5) is 0. The van der Waals surface area contributed by atoms with Crippen molar-refractivity contribution in [3.8, 4) is 5.75 Å². The zero-order chi connectivity index (χ0) is 11.4. The molecule has 1 aromatic carbocycles. The van der Waals surface area contributed by atoms with Crippen LogP contribution in [0.5, 0.6) is 5.75 Å². The van der Waals surface area contributed by atoms with Crippen molar-refractivity contribution in [1.82, 2.24) is 0 Å². The van der Waals surface area contributed by atoms with E-state index in [4.69, 9.17) is 5.11 Å². The third kappa shape index (κ3) is 3.79. The molecule has 84 valence electrons. The maximum absolute atomic E-state index is 13.2. The highest BCUT2D eigenvalue weighted by atomic mass is 19.3. The van der Waals surface area contributed by atoms with Crippen molar-refractivity contribution in [2.45, 2.75) is 26.1 Å². The van der Waals surface area contributed by atoms with Crippen molar-refractivity contribution in [2.24, 2.45) is 0 Å². The lowest BCUT2D eigenvalue weighted by Gasteiger charge is -2.08. The summed E-state index contributed by atoms with van der Waals surface area (Å²) < 4.78 is 40.8. The van der Waals surface area contributed by atoms with Gasteiger partial charge in [-0.2, -0.15) is 8.78 Å². The average molecular weight is 220 g/mol. The fraction of sp³-hybridized carbons (Fsp3) is 0.400. The summed E-state index contributed by atoms with van der Waals surface area (Å²) in [5, 5.41) is 9.03. The minimum absolute atomic E-state index is 0.140. The van der Waals surface area contributed by atoms with E-state index < -0.39 is 18.5 Å². The quantitative estimate of drug-likeness (QED) is 0.843. The molecule has 0 amide bonds. The number of aliphatic hydroxyl groups is 1. The molecule has 1 aromatic rings. The zero-order valence-corrected chi connectivity index (χ0v) is 8.08. The predicted molar refractivity (Wildman–Crippen MR) is 48.4 cm³/mol. The van der Waals surface area contributed by atoms with Crippen LogP contribution in [0.25, 0.3) is 0 Å². The van der Waals surface area contributed by atoms with Crippen LogP contribution in [0.1, 0.15) is 12.5 Å². The fourth-order valence-corrected chi connectivity index (χ4v) is 1.19. The van der Waals surface area contributed by atoms with Gasteiger partial charge in [-0.1, -0.05) is 6.07 Å². The number of ether oxygens (including phenoxy) is 1. The monoisotopic (exact) mass is 220 g/mol. The van der Waals surface area contributed by atoms with Crippen LogP contribution in [-0.2, 0) is 6.42 Å². The van der Waals surface area contributed by atoms with Gasteiger partial charge >= 0.3 is 6.61 Å². The maximum Gasteiger partial charge on any atom is 0.387 e. The van der Waals surface area contributed by atoms with Gasteiger partial charge in [-0.3, -0.25) is 0 Å². The molecule has 0 fully saturated rings. The van der Waals surface area contributed by atoms with Crippen LogP contribution in [-0.4, -0.2) is 17.8 Å². The Balaban J connectivity index is 2.78. The van der Waals surface area contributed by atoms with E-state index >= 15 is 0 Å². The summed E-state index contributed by atoms with van der Waals surface area (Å²) in [7, 11) is 0. The van der Waals surface area contributed by atoms with Crippen LogP contribution in [0.15, 0.2) is 18.2 Å². The van der Waals surface area contributed by atoms with Crippen LogP contribution in [0, 0.1) is 5.82 Å². The molecule has 0 saturated heterocycles. The minimum atomic E-state index is -2.97. The first-order chi connectivity index (χ1) is 6.99. The second-order valence-corrected chi connectivity index (χ2v) is 3.18. The number of hydrogen-bond donors (Lipinski definition) is 1. The van der Waals surface area contributed by atoms with Gasteiger partial charge in [-0.05, 0) is 18.6 Å². The van der Waals surface area contributed by atoms with Crippen LogP contribution in [0.2, 0.25) is 0 Å². The van der Waals surface area contributed by atoms with E-state index in [9.17, 15) is 13.2 Å². The molecule has 1 rings (SSSR count). The first-order valence-electron chi connectivity index (χ1n) is 4.40. The van der Waals surface area contributed by atoms with E-state index in [1.807, 2.05) is 0 Å². The third-order valence-corrected chi connectivity index (χ3v) is 1.77. The smallest absolute Gasteiger partial charge is 0.387 e. The largest absolute Gasteiger partial charge is 0.435 e. The fourth-order valence-electron chi connectivity index (χ4n) is 1.19. The highest BCUT2D eigenvalue weighted by molar-refractivity contribution is 5.29. The van der Waals surface area contributed by atoms with Gasteiger partial charge in [0.25, 0.3) is 0 Å². The van der Waals surface area contributed by atoms with Gasteiger partial charge in [0.05, 0.1) is 6.10 Å². The average Bonchev–Trinajstić information content (AvgIpc) is 2.08. The maximum atomic E-state index is 13.2. The summed E-state index contributed by atoms with van der Waals surface area (Å²) in [6, 6.07) is 3.44. The Morgan fingerprint density at radius 2 is 2.07 bits per heavy atom. The van der Waals surface area contributed by atoms with Gasteiger partial charge in [0.15, 0.2) is 0 Å². The Bertz CT molecular complexity index is 326. The summed E-state index contributed by atoms with van der Waals surface area (Å²) in [5.74, 6) is -0.883. The van der Waals surface area contributed by atoms with Crippen molar-refractivity contribution in [3.05, 3.63) is 29.6 Å². The molecule has 0 aromatic heterocycles. The molecule has 0 saturated carbocycles.